The van der Waals surface area contributed by atoms with Crippen molar-refractivity contribution in [2.45, 2.75) is 59.1 Å². The highest BCUT2D eigenvalue weighted by molar-refractivity contribution is 5.89. The monoisotopic (exact) mass is 323 g/mol. The highest BCUT2D eigenvalue weighted by Gasteiger charge is 2.40. The van der Waals surface area contributed by atoms with Crippen LogP contribution in [-0.2, 0) is 21.4 Å². The Morgan fingerprint density at radius 1 is 1.35 bits per heavy atom. The van der Waals surface area contributed by atoms with Crippen LogP contribution >= 0.6 is 0 Å². The Labute approximate surface area is 136 Å². The van der Waals surface area contributed by atoms with E-state index >= 15 is 0 Å². The first-order valence-corrected chi connectivity index (χ1v) is 7.78. The highest BCUT2D eigenvalue weighted by Crippen LogP contribution is 2.34. The predicted octanol–water partition coefficient (Wildman–Crippen LogP) is 2.61. The van der Waals surface area contributed by atoms with Crippen molar-refractivity contribution in [2.75, 3.05) is 13.2 Å². The van der Waals surface area contributed by atoms with E-state index in [9.17, 15) is 9.59 Å². The van der Waals surface area contributed by atoms with Gasteiger partial charge >= 0.3 is 12.1 Å². The predicted molar refractivity (Wildman–Crippen MR) is 84.2 cm³/mol. The summed E-state index contributed by atoms with van der Waals surface area (Å²) in [5, 5.41) is 7.04. The molecule has 1 amide bonds. The number of nitrogens with zero attached hydrogens (tertiary/aromatic N) is 2. The zero-order valence-corrected chi connectivity index (χ0v) is 14.6. The van der Waals surface area contributed by atoms with Crippen LogP contribution in [0.4, 0.5) is 4.79 Å². The second-order valence-corrected chi connectivity index (χ2v) is 7.37. The lowest BCUT2D eigenvalue weighted by atomic mass is 9.82. The van der Waals surface area contributed by atoms with Crippen LogP contribution in [0.5, 0.6) is 0 Å². The largest absolute Gasteiger partial charge is 0.461 e. The summed E-state index contributed by atoms with van der Waals surface area (Å²) in [5.74, 6) is -0.480. The summed E-state index contributed by atoms with van der Waals surface area (Å²) >= 11 is 0. The molecule has 2 heterocycles. The molecule has 1 aromatic heterocycles. The molecule has 7 heteroatoms. The molecule has 0 bridgehead atoms. The normalized spacial score (nSPS) is 16.7. The minimum atomic E-state index is -0.568. The summed E-state index contributed by atoms with van der Waals surface area (Å²) in [6, 6.07) is 0. The molecule has 0 aromatic carbocycles. The fourth-order valence-corrected chi connectivity index (χ4v) is 2.71. The van der Waals surface area contributed by atoms with E-state index in [1.807, 2.05) is 34.6 Å². The van der Waals surface area contributed by atoms with Crippen LogP contribution in [0.1, 0.15) is 63.3 Å². The number of hydrogen-bond acceptors (Lipinski definition) is 5. The van der Waals surface area contributed by atoms with E-state index in [0.29, 0.717) is 12.1 Å². The Hall–Kier alpha value is -2.05. The Morgan fingerprint density at radius 2 is 2.00 bits per heavy atom. The highest BCUT2D eigenvalue weighted by atomic mass is 16.6. The zero-order chi connectivity index (χ0) is 17.4. The summed E-state index contributed by atoms with van der Waals surface area (Å²) in [7, 11) is 0. The summed E-state index contributed by atoms with van der Waals surface area (Å²) in [6.45, 7) is 12.3. The molecular weight excluding hydrogens is 298 g/mol. The standard InChI is InChI=1S/C16H25N3O4/c1-7-22-13(20)11-10-8-19(14(21)23-15(2,3)4)9-16(5,6)12(10)18-17-11/h7-9H2,1-6H3,(H,17,18). The van der Waals surface area contributed by atoms with Crippen LogP contribution in [0.15, 0.2) is 0 Å². The number of carbonyl (C=O) groups is 2. The van der Waals surface area contributed by atoms with Crippen molar-refractivity contribution in [2.24, 2.45) is 0 Å². The number of amides is 1. The van der Waals surface area contributed by atoms with Crippen molar-refractivity contribution in [3.8, 4) is 0 Å². The van der Waals surface area contributed by atoms with E-state index < -0.39 is 17.7 Å². The smallest absolute Gasteiger partial charge is 0.410 e. The lowest BCUT2D eigenvalue weighted by Gasteiger charge is -2.38. The number of aromatic amines is 1. The van der Waals surface area contributed by atoms with Crippen LogP contribution in [0.2, 0.25) is 0 Å². The molecule has 0 unspecified atom stereocenters. The minimum absolute atomic E-state index is 0.239. The van der Waals surface area contributed by atoms with Crippen molar-refractivity contribution in [3.63, 3.8) is 0 Å². The van der Waals surface area contributed by atoms with Gasteiger partial charge in [-0.15, -0.1) is 0 Å². The lowest BCUT2D eigenvalue weighted by Crippen LogP contribution is -2.47. The Morgan fingerprint density at radius 3 is 2.57 bits per heavy atom. The van der Waals surface area contributed by atoms with Gasteiger partial charge in [0.2, 0.25) is 0 Å². The van der Waals surface area contributed by atoms with Gasteiger partial charge in [-0.25, -0.2) is 9.59 Å². The van der Waals surface area contributed by atoms with Gasteiger partial charge in [0, 0.05) is 23.2 Å². The molecule has 128 valence electrons. The van der Waals surface area contributed by atoms with Gasteiger partial charge in [0.1, 0.15) is 5.60 Å². The molecule has 0 spiro atoms. The van der Waals surface area contributed by atoms with E-state index in [1.54, 1.807) is 11.8 Å². The first kappa shape index (κ1) is 17.3. The minimum Gasteiger partial charge on any atom is -0.461 e. The summed E-state index contributed by atoms with van der Waals surface area (Å²) in [4.78, 5) is 26.1. The first-order chi connectivity index (χ1) is 10.5. The maximum absolute atomic E-state index is 12.4. The van der Waals surface area contributed by atoms with Crippen molar-refractivity contribution >= 4 is 12.1 Å². The molecule has 0 radical (unpaired) electrons. The summed E-state index contributed by atoms with van der Waals surface area (Å²) < 4.78 is 10.5. The van der Waals surface area contributed by atoms with Crippen LogP contribution in [0.25, 0.3) is 0 Å². The number of ether oxygens (including phenoxy) is 2. The van der Waals surface area contributed by atoms with E-state index in [0.717, 1.165) is 5.69 Å². The number of fused-ring (bicyclic) bond motifs is 1. The second kappa shape index (κ2) is 5.86. The van der Waals surface area contributed by atoms with Gasteiger partial charge in [0.05, 0.1) is 13.2 Å². The van der Waals surface area contributed by atoms with Gasteiger partial charge in [-0.3, -0.25) is 5.10 Å². The third kappa shape index (κ3) is 3.65. The van der Waals surface area contributed by atoms with E-state index in [2.05, 4.69) is 10.2 Å². The molecule has 1 aliphatic rings. The van der Waals surface area contributed by atoms with E-state index in [-0.39, 0.29) is 24.3 Å². The third-order valence-electron chi connectivity index (χ3n) is 3.60. The van der Waals surface area contributed by atoms with Gasteiger partial charge < -0.3 is 14.4 Å². The average molecular weight is 323 g/mol. The second-order valence-electron chi connectivity index (χ2n) is 7.37. The molecular formula is C16H25N3O4. The number of esters is 1. The molecule has 0 atom stereocenters. The molecule has 1 aliphatic heterocycles. The molecule has 0 saturated carbocycles. The van der Waals surface area contributed by atoms with Crippen molar-refractivity contribution in [1.29, 1.82) is 0 Å². The molecule has 1 aromatic rings. The van der Waals surface area contributed by atoms with Crippen molar-refractivity contribution in [3.05, 3.63) is 17.0 Å². The lowest BCUT2D eigenvalue weighted by molar-refractivity contribution is 0.0169. The van der Waals surface area contributed by atoms with Crippen molar-refractivity contribution in [1.82, 2.24) is 15.1 Å². The number of hydrogen-bond donors (Lipinski definition) is 1. The molecule has 23 heavy (non-hydrogen) atoms. The number of aromatic nitrogens is 2. The Kier molecular flexibility index (Phi) is 4.41. The molecule has 7 nitrogen and oxygen atoms in total. The molecule has 1 N–H and O–H groups in total. The van der Waals surface area contributed by atoms with E-state index in [4.69, 9.17) is 9.47 Å². The number of H-pyrrole nitrogens is 1. The number of carbonyl (C=O) groups excluding carboxylic acids is 2. The maximum atomic E-state index is 12.4. The quantitative estimate of drug-likeness (QED) is 0.846. The maximum Gasteiger partial charge on any atom is 0.410 e. The fourth-order valence-electron chi connectivity index (χ4n) is 2.71. The SMILES string of the molecule is CCOC(=O)c1n[nH]c2c1CN(C(=O)OC(C)(C)C)CC2(C)C. The third-order valence-corrected chi connectivity index (χ3v) is 3.60. The van der Waals surface area contributed by atoms with Gasteiger partial charge in [-0.2, -0.15) is 5.10 Å². The van der Waals surface area contributed by atoms with Gasteiger partial charge in [-0.05, 0) is 27.7 Å². The molecule has 2 rings (SSSR count). The van der Waals surface area contributed by atoms with Gasteiger partial charge in [0.15, 0.2) is 5.69 Å². The molecule has 0 fully saturated rings. The van der Waals surface area contributed by atoms with Crippen LogP contribution < -0.4 is 0 Å². The van der Waals surface area contributed by atoms with Crippen LogP contribution in [0.3, 0.4) is 0 Å². The van der Waals surface area contributed by atoms with Gasteiger partial charge in [-0.1, -0.05) is 13.8 Å². The number of nitrogens with one attached hydrogen (secondary N) is 1. The van der Waals surface area contributed by atoms with Crippen LogP contribution in [0, 0.1) is 0 Å². The zero-order valence-electron chi connectivity index (χ0n) is 14.6. The topological polar surface area (TPSA) is 84.5 Å². The molecule has 0 aliphatic carbocycles. The van der Waals surface area contributed by atoms with Crippen LogP contribution in [-0.4, -0.2) is 45.9 Å². The molecule has 0 saturated heterocycles. The number of rotatable bonds is 2. The first-order valence-electron chi connectivity index (χ1n) is 7.78. The summed E-state index contributed by atoms with van der Waals surface area (Å²) in [5.41, 5.74) is 0.874. The van der Waals surface area contributed by atoms with E-state index in [1.165, 1.54) is 0 Å². The van der Waals surface area contributed by atoms with Gasteiger partial charge in [0.25, 0.3) is 0 Å². The Balaban J connectivity index is 2.32. The summed E-state index contributed by atoms with van der Waals surface area (Å²) in [6.07, 6.45) is -0.396. The van der Waals surface area contributed by atoms with Crippen molar-refractivity contribution < 1.29 is 19.1 Å². The average Bonchev–Trinajstić information content (AvgIpc) is 2.81. The fraction of sp³-hybridized carbons (Fsp3) is 0.688. The Bertz CT molecular complexity index is 613.